The van der Waals surface area contributed by atoms with E-state index >= 15 is 0 Å². The smallest absolute Gasteiger partial charge is 0.355 e. The predicted octanol–water partition coefficient (Wildman–Crippen LogP) is 5.15. The lowest BCUT2D eigenvalue weighted by Gasteiger charge is -2.40. The molecule has 1 unspecified atom stereocenters. The molecule has 1 saturated heterocycles. The number of cyclic esters (lactones) is 1. The van der Waals surface area contributed by atoms with E-state index in [4.69, 9.17) is 4.74 Å². The summed E-state index contributed by atoms with van der Waals surface area (Å²) in [4.78, 5) is 75.2. The van der Waals surface area contributed by atoms with Gasteiger partial charge in [0.05, 0.1) is 12.3 Å². The number of hydrogen-bond acceptors (Lipinski definition) is 11. The number of pyridine rings is 1. The number of hydrogen-bond donors (Lipinski definition) is 5. The zero-order chi connectivity index (χ0) is 46.6. The molecule has 2 saturated carbocycles. The number of phenolic OH excluding ortho intramolecular Hbond substituents is 1. The fourth-order valence-electron chi connectivity index (χ4n) is 10.2. The monoisotopic (exact) mass is 888 g/mol. The number of esters is 1. The molecule has 5 N–H and O–H groups in total. The van der Waals surface area contributed by atoms with E-state index in [1.54, 1.807) is 26.1 Å². The molecule has 0 radical (unpaired) electrons. The standard InChI is InChI=1S/C50H60N6O9/c1-7-41(58)32-15-17-49(63,25-32)46(61)54(6)42(29(2)3)44(59)52-39-22-30-20-34(23-36(57)21-30)31-11-14-40-37(24-31)38(43(56(40)35-12-13-35)33-10-8-18-51-27-33)26-48(4,5)28-65-47(62)50(64)16-9-19-55(53-50)45(39)60/h7-8,10-11,14,18,20-21,23-24,27,29,32,35,39,42,53,57,63-64H,1,9,12-13,15-17,19,22,25-26,28H2,2-6H3,(H,52,59)/t32?,39-,42-,49+,50-/m0/s1. The van der Waals surface area contributed by atoms with Gasteiger partial charge < -0.3 is 34.8 Å². The van der Waals surface area contributed by atoms with Gasteiger partial charge in [-0.05, 0) is 116 Å². The SMILES string of the molecule is C=CC(=O)C1CC[C@](O)(C(=O)N(C)[C@H](C(=O)N[C@H]2Cc3cc(O)cc(c3)-c3ccc4c(c3)c(c(-c3cccnc3)n4C3CC3)CC(C)(C)COC(=O)[C@@]3(O)CCCN(N3)C2=O)C(C)C)C1. The number of nitrogens with one attached hydrogen (secondary N) is 2. The molecule has 6 bridgehead atoms. The highest BCUT2D eigenvalue weighted by atomic mass is 16.6. The summed E-state index contributed by atoms with van der Waals surface area (Å²) >= 11 is 0. The molecule has 2 aliphatic carbocycles. The van der Waals surface area contributed by atoms with Crippen LogP contribution < -0.4 is 10.7 Å². The summed E-state index contributed by atoms with van der Waals surface area (Å²) in [5, 5.41) is 39.6. The lowest BCUT2D eigenvalue weighted by atomic mass is 9.84. The number of hydrazine groups is 1. The third kappa shape index (κ3) is 9.06. The van der Waals surface area contributed by atoms with Crippen molar-refractivity contribution in [3.63, 3.8) is 0 Å². The molecule has 0 spiro atoms. The van der Waals surface area contributed by atoms with E-state index in [9.17, 15) is 39.3 Å². The van der Waals surface area contributed by atoms with Gasteiger partial charge in [0.15, 0.2) is 5.78 Å². The number of aliphatic hydroxyl groups is 2. The number of ketones is 1. The maximum atomic E-state index is 14.7. The van der Waals surface area contributed by atoms with Crippen molar-refractivity contribution < 1.29 is 44.0 Å². The van der Waals surface area contributed by atoms with Crippen LogP contribution in [0.4, 0.5) is 0 Å². The molecule has 15 heteroatoms. The largest absolute Gasteiger partial charge is 0.508 e. The van der Waals surface area contributed by atoms with Crippen LogP contribution in [0, 0.1) is 17.3 Å². The van der Waals surface area contributed by atoms with Crippen LogP contribution in [0.5, 0.6) is 5.75 Å². The number of ether oxygens (including phenoxy) is 1. The minimum Gasteiger partial charge on any atom is -0.508 e. The Morgan fingerprint density at radius 3 is 2.49 bits per heavy atom. The average Bonchev–Trinajstić information content (AvgIpc) is 3.96. The molecule has 5 atom stereocenters. The molecular weight excluding hydrogens is 829 g/mol. The Morgan fingerprint density at radius 1 is 1.03 bits per heavy atom. The van der Waals surface area contributed by atoms with Crippen molar-refractivity contribution in [2.45, 2.75) is 115 Å². The molecular formula is C50H60N6O9. The summed E-state index contributed by atoms with van der Waals surface area (Å²) in [6.45, 7) is 11.1. The molecule has 4 aliphatic rings. The second kappa shape index (κ2) is 17.5. The number of carbonyl (C=O) groups is 5. The number of carbonyl (C=O) groups excluding carboxylic acids is 5. The summed E-state index contributed by atoms with van der Waals surface area (Å²) in [6.07, 6.45) is 7.60. The number of amides is 3. The van der Waals surface area contributed by atoms with Crippen molar-refractivity contribution in [3.05, 3.63) is 84.7 Å². The zero-order valence-electron chi connectivity index (χ0n) is 37.8. The first-order valence-corrected chi connectivity index (χ1v) is 22.7. The number of allylic oxidation sites excluding steroid dienone is 1. The maximum absolute atomic E-state index is 14.7. The van der Waals surface area contributed by atoms with E-state index in [1.165, 1.54) is 24.1 Å². The number of aromatic nitrogens is 2. The summed E-state index contributed by atoms with van der Waals surface area (Å²) in [5.41, 5.74) is 4.02. The highest BCUT2D eigenvalue weighted by molar-refractivity contribution is 5.97. The van der Waals surface area contributed by atoms with Crippen LogP contribution in [0.3, 0.4) is 0 Å². The molecule has 15 nitrogen and oxygen atoms in total. The van der Waals surface area contributed by atoms with Gasteiger partial charge in [0, 0.05) is 72.7 Å². The second-order valence-corrected chi connectivity index (χ2v) is 19.7. The average molecular weight is 889 g/mol. The normalized spacial score (nSPS) is 25.1. The molecule has 2 aromatic heterocycles. The van der Waals surface area contributed by atoms with Crippen molar-refractivity contribution in [2.75, 3.05) is 20.2 Å². The number of nitrogens with zero attached hydrogens (tertiary/aromatic N) is 4. The van der Waals surface area contributed by atoms with Gasteiger partial charge in [-0.2, -0.15) is 5.43 Å². The number of rotatable bonds is 9. The van der Waals surface area contributed by atoms with Crippen LogP contribution in [0.25, 0.3) is 33.3 Å². The molecule has 3 amide bonds. The van der Waals surface area contributed by atoms with E-state index in [2.05, 4.69) is 39.0 Å². The Bertz CT molecular complexity index is 2550. The first-order valence-electron chi connectivity index (χ1n) is 22.7. The minimum absolute atomic E-state index is 0.0313. The van der Waals surface area contributed by atoms with Crippen LogP contribution in [-0.2, 0) is 41.6 Å². The van der Waals surface area contributed by atoms with Gasteiger partial charge in [-0.25, -0.2) is 4.79 Å². The number of benzene rings is 2. The topological polar surface area (TPSA) is 204 Å². The number of aromatic hydroxyl groups is 1. The van der Waals surface area contributed by atoms with E-state index in [1.807, 2.05) is 44.3 Å². The zero-order valence-corrected chi connectivity index (χ0v) is 37.8. The number of phenols is 1. The molecule has 4 heterocycles. The van der Waals surface area contributed by atoms with Crippen LogP contribution in [0.15, 0.2) is 73.6 Å². The summed E-state index contributed by atoms with van der Waals surface area (Å²) in [6, 6.07) is 13.0. The van der Waals surface area contributed by atoms with Crippen molar-refractivity contribution in [1.82, 2.24) is 30.2 Å². The van der Waals surface area contributed by atoms with Crippen LogP contribution >= 0.6 is 0 Å². The lowest BCUT2D eigenvalue weighted by molar-refractivity contribution is -0.189. The fraction of sp³-hybridized carbons (Fsp3) is 0.480. The number of likely N-dealkylation sites (N-methyl/N-ethyl adjacent to an activating group) is 1. The van der Waals surface area contributed by atoms with Gasteiger partial charge in [-0.15, -0.1) is 0 Å². The third-order valence-electron chi connectivity index (χ3n) is 13.5. The lowest BCUT2D eigenvalue weighted by Crippen LogP contribution is -2.67. The highest BCUT2D eigenvalue weighted by Gasteiger charge is 2.50. The molecule has 4 aromatic rings. The summed E-state index contributed by atoms with van der Waals surface area (Å²) in [7, 11) is 1.42. The van der Waals surface area contributed by atoms with Crippen molar-refractivity contribution in [3.8, 4) is 28.1 Å². The fourth-order valence-corrected chi connectivity index (χ4v) is 10.2. The van der Waals surface area contributed by atoms with Gasteiger partial charge in [0.2, 0.25) is 11.6 Å². The van der Waals surface area contributed by atoms with Crippen molar-refractivity contribution in [2.24, 2.45) is 17.3 Å². The second-order valence-electron chi connectivity index (χ2n) is 19.7. The van der Waals surface area contributed by atoms with E-state index in [0.717, 1.165) is 51.1 Å². The molecule has 3 fully saturated rings. The van der Waals surface area contributed by atoms with Gasteiger partial charge in [0.1, 0.15) is 23.4 Å². The molecule has 8 rings (SSSR count). The molecule has 344 valence electrons. The van der Waals surface area contributed by atoms with Crippen LogP contribution in [0.1, 0.15) is 89.8 Å². The Balaban J connectivity index is 1.20. The van der Waals surface area contributed by atoms with Crippen LogP contribution in [-0.4, -0.2) is 108 Å². The minimum atomic E-state index is -2.27. The Kier molecular flexibility index (Phi) is 12.3. The Morgan fingerprint density at radius 2 is 1.80 bits per heavy atom. The van der Waals surface area contributed by atoms with Crippen molar-refractivity contribution >= 4 is 40.4 Å². The van der Waals surface area contributed by atoms with Gasteiger partial charge in [0.25, 0.3) is 11.8 Å². The predicted molar refractivity (Wildman–Crippen MR) is 243 cm³/mol. The first kappa shape index (κ1) is 45.7. The molecule has 65 heavy (non-hydrogen) atoms. The molecule has 2 aliphatic heterocycles. The quantitative estimate of drug-likeness (QED) is 0.110. The maximum Gasteiger partial charge on any atom is 0.355 e. The van der Waals surface area contributed by atoms with Gasteiger partial charge >= 0.3 is 5.97 Å². The van der Waals surface area contributed by atoms with Gasteiger partial charge in [-0.1, -0.05) is 46.4 Å². The first-order chi connectivity index (χ1) is 30.8. The van der Waals surface area contributed by atoms with Crippen LogP contribution in [0.2, 0.25) is 0 Å². The van der Waals surface area contributed by atoms with Gasteiger partial charge in [-0.3, -0.25) is 29.2 Å². The Labute approximate surface area is 378 Å². The summed E-state index contributed by atoms with van der Waals surface area (Å²) in [5.74, 6) is -4.42. The summed E-state index contributed by atoms with van der Waals surface area (Å²) < 4.78 is 8.31. The number of fused-ring (bicyclic) bond motifs is 6. The Hall–Kier alpha value is -5.90. The highest BCUT2D eigenvalue weighted by Crippen LogP contribution is 2.47. The third-order valence-corrected chi connectivity index (χ3v) is 13.5. The van der Waals surface area contributed by atoms with Crippen molar-refractivity contribution in [1.29, 1.82) is 0 Å². The molecule has 2 aromatic carbocycles. The van der Waals surface area contributed by atoms with E-state index < -0.39 is 64.4 Å². The van der Waals surface area contributed by atoms with E-state index in [0.29, 0.717) is 23.6 Å². The van der Waals surface area contributed by atoms with E-state index in [-0.39, 0.29) is 63.2 Å².